The fraction of sp³-hybridized carbons (Fsp3) is 0.250. The van der Waals surface area contributed by atoms with E-state index in [0.717, 1.165) is 0 Å². The van der Waals surface area contributed by atoms with Crippen molar-refractivity contribution >= 4 is 0 Å². The average Bonchev–Trinajstić information content (AvgIpc) is 2.87. The number of nitrogens with zero attached hydrogens (tertiary/aromatic N) is 2. The summed E-state index contributed by atoms with van der Waals surface area (Å²) in [5.41, 5.74) is 9.12. The minimum atomic E-state index is 1.25. The number of pyridine rings is 1. The molecule has 0 aliphatic carbocycles. The van der Waals surface area contributed by atoms with Crippen LogP contribution in [0, 0.1) is 27.7 Å². The fourth-order valence-electron chi connectivity index (χ4n) is 3.44. The first kappa shape index (κ1) is 14.6. The number of aromatic nitrogens is 2. The molecule has 0 radical (unpaired) electrons. The van der Waals surface area contributed by atoms with Gasteiger partial charge in [-0.05, 0) is 44.5 Å². The molecular weight excluding hydrogens is 268 g/mol. The third kappa shape index (κ3) is 2.25. The molecule has 0 spiro atoms. The van der Waals surface area contributed by atoms with Crippen LogP contribution < -0.4 is 4.57 Å². The van der Waals surface area contributed by atoms with E-state index >= 15 is 0 Å². The lowest BCUT2D eigenvalue weighted by Crippen LogP contribution is -2.35. The van der Waals surface area contributed by atoms with Crippen LogP contribution in [0.15, 0.2) is 48.8 Å². The van der Waals surface area contributed by atoms with Crippen LogP contribution in [0.5, 0.6) is 0 Å². The fourth-order valence-corrected chi connectivity index (χ4v) is 3.44. The maximum atomic E-state index is 2.30. The van der Waals surface area contributed by atoms with Crippen molar-refractivity contribution in [2.75, 3.05) is 0 Å². The molecule has 0 amide bonds. The molecule has 0 saturated heterocycles. The van der Waals surface area contributed by atoms with Gasteiger partial charge in [0.05, 0.1) is 0 Å². The van der Waals surface area contributed by atoms with E-state index in [2.05, 4.69) is 92.7 Å². The molecule has 0 bridgehead atoms. The molecule has 1 aromatic carbocycles. The van der Waals surface area contributed by atoms with Gasteiger partial charge in [-0.1, -0.05) is 6.07 Å². The van der Waals surface area contributed by atoms with Crippen LogP contribution in [0.1, 0.15) is 22.4 Å². The third-order valence-corrected chi connectivity index (χ3v) is 4.44. The zero-order chi connectivity index (χ0) is 15.9. The molecule has 0 fully saturated rings. The second-order valence-corrected chi connectivity index (χ2v) is 6.08. The molecule has 3 rings (SSSR count). The van der Waals surface area contributed by atoms with Gasteiger partial charge in [-0.25, -0.2) is 0 Å². The van der Waals surface area contributed by atoms with Gasteiger partial charge in [0.15, 0.2) is 11.9 Å². The lowest BCUT2D eigenvalue weighted by atomic mass is 9.94. The van der Waals surface area contributed by atoms with Crippen molar-refractivity contribution in [3.05, 3.63) is 71.2 Å². The SMILES string of the molecule is Cc1cc(C)c(-[n+]2ccccc2C)c(C)c1-c1cccn1C. The van der Waals surface area contributed by atoms with Crippen molar-refractivity contribution < 1.29 is 4.57 Å². The molecule has 0 N–H and O–H groups in total. The van der Waals surface area contributed by atoms with Crippen molar-refractivity contribution in [2.24, 2.45) is 7.05 Å². The number of rotatable bonds is 2. The van der Waals surface area contributed by atoms with Gasteiger partial charge >= 0.3 is 0 Å². The predicted octanol–water partition coefficient (Wildman–Crippen LogP) is 4.20. The average molecular weight is 291 g/mol. The van der Waals surface area contributed by atoms with Gasteiger partial charge in [0.25, 0.3) is 0 Å². The molecule has 2 nitrogen and oxygen atoms in total. The highest BCUT2D eigenvalue weighted by Gasteiger charge is 2.21. The summed E-state index contributed by atoms with van der Waals surface area (Å²) in [6.07, 6.45) is 4.25. The Hall–Kier alpha value is -2.35. The quantitative estimate of drug-likeness (QED) is 0.626. The van der Waals surface area contributed by atoms with Gasteiger partial charge in [-0.15, -0.1) is 0 Å². The van der Waals surface area contributed by atoms with Crippen molar-refractivity contribution in [3.63, 3.8) is 0 Å². The van der Waals surface area contributed by atoms with E-state index in [0.29, 0.717) is 0 Å². The molecule has 2 heterocycles. The maximum Gasteiger partial charge on any atom is 0.217 e. The number of benzene rings is 1. The van der Waals surface area contributed by atoms with Crippen LogP contribution in [-0.4, -0.2) is 4.57 Å². The highest BCUT2D eigenvalue weighted by Crippen LogP contribution is 2.31. The summed E-state index contributed by atoms with van der Waals surface area (Å²) in [5, 5.41) is 0. The first-order chi connectivity index (χ1) is 10.5. The lowest BCUT2D eigenvalue weighted by Gasteiger charge is -2.15. The summed E-state index contributed by atoms with van der Waals surface area (Å²) in [7, 11) is 2.11. The molecule has 2 heteroatoms. The van der Waals surface area contributed by atoms with Crippen LogP contribution in [0.2, 0.25) is 0 Å². The molecule has 3 aromatic rings. The summed E-state index contributed by atoms with van der Waals surface area (Å²) in [6.45, 7) is 8.79. The summed E-state index contributed by atoms with van der Waals surface area (Å²) < 4.78 is 4.48. The summed E-state index contributed by atoms with van der Waals surface area (Å²) >= 11 is 0. The molecule has 0 aliphatic heterocycles. The lowest BCUT2D eigenvalue weighted by molar-refractivity contribution is -0.603. The van der Waals surface area contributed by atoms with Gasteiger partial charge in [0.1, 0.15) is 0 Å². The van der Waals surface area contributed by atoms with Crippen LogP contribution >= 0.6 is 0 Å². The Balaban J connectivity index is 2.34. The van der Waals surface area contributed by atoms with E-state index in [4.69, 9.17) is 0 Å². The summed E-state index contributed by atoms with van der Waals surface area (Å²) in [4.78, 5) is 0. The van der Waals surface area contributed by atoms with E-state index in [-0.39, 0.29) is 0 Å². The largest absolute Gasteiger partial charge is 0.351 e. The van der Waals surface area contributed by atoms with Gasteiger partial charge in [0.2, 0.25) is 5.69 Å². The number of hydrogen-bond donors (Lipinski definition) is 0. The Morgan fingerprint density at radius 2 is 1.68 bits per heavy atom. The molecule has 0 saturated carbocycles. The van der Waals surface area contributed by atoms with Crippen molar-refractivity contribution in [3.8, 4) is 16.9 Å². The second-order valence-electron chi connectivity index (χ2n) is 6.08. The molecule has 22 heavy (non-hydrogen) atoms. The van der Waals surface area contributed by atoms with Crippen molar-refractivity contribution in [2.45, 2.75) is 27.7 Å². The van der Waals surface area contributed by atoms with Crippen molar-refractivity contribution in [1.82, 2.24) is 4.57 Å². The monoisotopic (exact) mass is 291 g/mol. The smallest absolute Gasteiger partial charge is 0.217 e. The summed E-state index contributed by atoms with van der Waals surface area (Å²) in [5.74, 6) is 0. The van der Waals surface area contributed by atoms with Gasteiger partial charge in [-0.3, -0.25) is 0 Å². The first-order valence-electron chi connectivity index (χ1n) is 7.71. The van der Waals surface area contributed by atoms with Crippen molar-refractivity contribution in [1.29, 1.82) is 0 Å². The van der Waals surface area contributed by atoms with Gasteiger partial charge < -0.3 is 4.57 Å². The van der Waals surface area contributed by atoms with Crippen LogP contribution in [-0.2, 0) is 7.05 Å². The topological polar surface area (TPSA) is 8.81 Å². The zero-order valence-corrected chi connectivity index (χ0v) is 14.0. The van der Waals surface area contributed by atoms with Gasteiger partial charge in [0, 0.05) is 54.7 Å². The Morgan fingerprint density at radius 1 is 0.909 bits per heavy atom. The molecule has 112 valence electrons. The minimum Gasteiger partial charge on any atom is -0.351 e. The van der Waals surface area contributed by atoms with Crippen LogP contribution in [0.3, 0.4) is 0 Å². The molecule has 0 unspecified atom stereocenters. The van der Waals surface area contributed by atoms with E-state index in [1.165, 1.54) is 39.3 Å². The number of hydrogen-bond acceptors (Lipinski definition) is 0. The standard InChI is InChI=1S/C20H23N2/c1-14-13-15(2)20(22-12-7-6-9-16(22)3)17(4)19(14)18-10-8-11-21(18)5/h6-13H,1-5H3/q+1. The Bertz CT molecular complexity index is 841. The number of aryl methyl sites for hydroxylation is 4. The zero-order valence-electron chi connectivity index (χ0n) is 14.0. The van der Waals surface area contributed by atoms with Gasteiger partial charge in [-0.2, -0.15) is 4.57 Å². The van der Waals surface area contributed by atoms with Crippen LogP contribution in [0.4, 0.5) is 0 Å². The summed E-state index contributed by atoms with van der Waals surface area (Å²) in [6, 6.07) is 12.9. The Morgan fingerprint density at radius 3 is 2.32 bits per heavy atom. The second kappa shape index (κ2) is 5.45. The van der Waals surface area contributed by atoms with E-state index < -0.39 is 0 Å². The third-order valence-electron chi connectivity index (χ3n) is 4.44. The Kier molecular flexibility index (Phi) is 3.61. The molecule has 0 aliphatic rings. The first-order valence-corrected chi connectivity index (χ1v) is 7.71. The maximum absolute atomic E-state index is 2.30. The minimum absolute atomic E-state index is 1.25. The van der Waals surface area contributed by atoms with E-state index in [1.54, 1.807) is 0 Å². The predicted molar refractivity (Wildman–Crippen MR) is 91.3 cm³/mol. The van der Waals surface area contributed by atoms with E-state index in [9.17, 15) is 0 Å². The molecule has 0 atom stereocenters. The molecule has 2 aromatic heterocycles. The van der Waals surface area contributed by atoms with Crippen LogP contribution in [0.25, 0.3) is 16.9 Å². The normalized spacial score (nSPS) is 11.0. The van der Waals surface area contributed by atoms with E-state index in [1.807, 2.05) is 0 Å². The highest BCUT2D eigenvalue weighted by molar-refractivity contribution is 5.72. The molecular formula is C20H23N2+. The Labute approximate surface area is 132 Å². The highest BCUT2D eigenvalue weighted by atomic mass is 15.0.